The van der Waals surface area contributed by atoms with Gasteiger partial charge in [-0.1, -0.05) is 17.7 Å². The van der Waals surface area contributed by atoms with Crippen molar-refractivity contribution >= 4 is 57.3 Å². The summed E-state index contributed by atoms with van der Waals surface area (Å²) in [4.78, 5) is 11.1. The van der Waals surface area contributed by atoms with Gasteiger partial charge in [0.25, 0.3) is 0 Å². The largest absolute Gasteiger partial charge is 0.305 e. The van der Waals surface area contributed by atoms with E-state index in [1.54, 1.807) is 0 Å². The average molecular weight is 416 g/mol. The van der Waals surface area contributed by atoms with Crippen LogP contribution >= 0.6 is 45.7 Å². The van der Waals surface area contributed by atoms with Crippen molar-refractivity contribution < 1.29 is 4.79 Å². The van der Waals surface area contributed by atoms with Crippen LogP contribution in [0.5, 0.6) is 0 Å². The zero-order valence-corrected chi connectivity index (χ0v) is 11.9. The van der Waals surface area contributed by atoms with E-state index in [0.717, 1.165) is 5.69 Å². The highest BCUT2D eigenvalue weighted by atomic mass is 127. The third-order valence-corrected chi connectivity index (χ3v) is 3.20. The molecule has 0 heterocycles. The monoisotopic (exact) mass is 416 g/mol. The zero-order chi connectivity index (χ0) is 10.6. The molecule has 0 aliphatic carbocycles. The fraction of sp³-hybridized carbons (Fsp3) is 0.222. The van der Waals surface area contributed by atoms with Crippen molar-refractivity contribution in [3.05, 3.63) is 29.8 Å². The molecule has 0 aliphatic rings. The first kappa shape index (κ1) is 12.0. The smallest absolute Gasteiger partial charge is 0.248 e. The van der Waals surface area contributed by atoms with Gasteiger partial charge in [0, 0.05) is 5.69 Å². The first-order chi connectivity index (χ1) is 6.63. The van der Waals surface area contributed by atoms with Crippen LogP contribution in [0.4, 0.5) is 5.69 Å². The SMILES string of the molecule is Cc1ccc(N(I)CC(=O)NI)cc1. The molecular weight excluding hydrogens is 406 g/mol. The van der Waals surface area contributed by atoms with Crippen LogP contribution < -0.4 is 6.64 Å². The van der Waals surface area contributed by atoms with Gasteiger partial charge in [0.1, 0.15) is 6.54 Å². The van der Waals surface area contributed by atoms with Gasteiger partial charge in [-0.3, -0.25) is 8.32 Å². The van der Waals surface area contributed by atoms with E-state index in [2.05, 4.69) is 26.4 Å². The predicted octanol–water partition coefficient (Wildman–Crippen LogP) is 2.62. The van der Waals surface area contributed by atoms with Gasteiger partial charge < -0.3 is 3.11 Å². The van der Waals surface area contributed by atoms with E-state index in [4.69, 9.17) is 0 Å². The minimum Gasteiger partial charge on any atom is -0.305 e. The maximum Gasteiger partial charge on any atom is 0.248 e. The van der Waals surface area contributed by atoms with Crippen LogP contribution in [0.2, 0.25) is 0 Å². The number of amides is 1. The lowest BCUT2D eigenvalue weighted by molar-refractivity contribution is -0.117. The van der Waals surface area contributed by atoms with Crippen molar-refractivity contribution in [2.45, 2.75) is 6.92 Å². The maximum atomic E-state index is 11.1. The zero-order valence-electron chi connectivity index (χ0n) is 7.63. The molecule has 1 N–H and O–H groups in total. The summed E-state index contributed by atoms with van der Waals surface area (Å²) in [6.45, 7) is 2.41. The number of rotatable bonds is 3. The minimum atomic E-state index is 0.000532. The summed E-state index contributed by atoms with van der Waals surface area (Å²) >= 11 is 3.97. The number of carbonyl (C=O) groups excluding carboxylic acids is 1. The number of nitrogens with one attached hydrogen (secondary N) is 1. The molecule has 1 rings (SSSR count). The highest BCUT2D eigenvalue weighted by Crippen LogP contribution is 2.18. The highest BCUT2D eigenvalue weighted by molar-refractivity contribution is 14.1. The average Bonchev–Trinajstić information content (AvgIpc) is 2.18. The minimum absolute atomic E-state index is 0.000532. The molecule has 5 heteroatoms. The van der Waals surface area contributed by atoms with Crippen LogP contribution in [0, 0.1) is 6.92 Å². The molecule has 0 aromatic heterocycles. The predicted molar refractivity (Wildman–Crippen MR) is 74.7 cm³/mol. The third-order valence-electron chi connectivity index (χ3n) is 1.70. The van der Waals surface area contributed by atoms with Gasteiger partial charge >= 0.3 is 0 Å². The standard InChI is InChI=1S/C9H10I2N2O/c1-7-2-4-8(5-3-7)13(11)6-9(14)12-10/h2-5H,6H2,1H3,(H,12,14). The molecule has 14 heavy (non-hydrogen) atoms. The molecule has 1 amide bonds. The molecule has 0 saturated carbocycles. The van der Waals surface area contributed by atoms with Crippen LogP contribution in [0.25, 0.3) is 0 Å². The number of hydrogen-bond donors (Lipinski definition) is 1. The molecule has 0 aliphatic heterocycles. The Kier molecular flexibility index (Phi) is 4.93. The fourth-order valence-electron chi connectivity index (χ4n) is 0.954. The van der Waals surface area contributed by atoms with Crippen LogP contribution in [0.1, 0.15) is 5.56 Å². The van der Waals surface area contributed by atoms with Gasteiger partial charge in [-0.05, 0) is 19.1 Å². The number of halogens is 2. The lowest BCUT2D eigenvalue weighted by Gasteiger charge is -2.15. The van der Waals surface area contributed by atoms with Gasteiger partial charge in [0.2, 0.25) is 5.91 Å². The van der Waals surface area contributed by atoms with Crippen molar-refractivity contribution in [2.24, 2.45) is 0 Å². The summed E-state index contributed by atoms with van der Waals surface area (Å²) in [5, 5.41) is 0. The normalized spacial score (nSPS) is 9.64. The summed E-state index contributed by atoms with van der Waals surface area (Å²) in [5.41, 5.74) is 2.26. The quantitative estimate of drug-likeness (QED) is 0.608. The lowest BCUT2D eigenvalue weighted by Crippen LogP contribution is -2.26. The molecule has 0 unspecified atom stereocenters. The summed E-state index contributed by atoms with van der Waals surface area (Å²) < 4.78 is 4.44. The van der Waals surface area contributed by atoms with Crippen LogP contribution in [0.3, 0.4) is 0 Å². The Morgan fingerprint density at radius 3 is 2.50 bits per heavy atom. The molecular formula is C9H10I2N2O. The summed E-state index contributed by atoms with van der Waals surface area (Å²) in [5.74, 6) is 0.000532. The van der Waals surface area contributed by atoms with Crippen LogP contribution in [0.15, 0.2) is 24.3 Å². The number of aryl methyl sites for hydroxylation is 1. The third kappa shape index (κ3) is 3.60. The van der Waals surface area contributed by atoms with Gasteiger partial charge in [0.15, 0.2) is 0 Å². The first-order valence-electron chi connectivity index (χ1n) is 4.03. The van der Waals surface area contributed by atoms with Gasteiger partial charge in [-0.15, -0.1) is 0 Å². The molecule has 0 atom stereocenters. The molecule has 3 nitrogen and oxygen atoms in total. The van der Waals surface area contributed by atoms with Crippen molar-refractivity contribution in [3.63, 3.8) is 0 Å². The molecule has 76 valence electrons. The second-order valence-electron chi connectivity index (χ2n) is 2.87. The van der Waals surface area contributed by atoms with E-state index in [1.165, 1.54) is 5.56 Å². The van der Waals surface area contributed by atoms with Crippen molar-refractivity contribution in [2.75, 3.05) is 9.66 Å². The van der Waals surface area contributed by atoms with Crippen LogP contribution in [-0.4, -0.2) is 12.5 Å². The van der Waals surface area contributed by atoms with Gasteiger partial charge in [-0.25, -0.2) is 0 Å². The van der Waals surface area contributed by atoms with E-state index >= 15 is 0 Å². The van der Waals surface area contributed by atoms with Crippen molar-refractivity contribution in [3.8, 4) is 0 Å². The topological polar surface area (TPSA) is 32.3 Å². The Morgan fingerprint density at radius 1 is 1.43 bits per heavy atom. The van der Waals surface area contributed by atoms with Crippen molar-refractivity contribution in [1.29, 1.82) is 0 Å². The second-order valence-corrected chi connectivity index (χ2v) is 4.58. The Morgan fingerprint density at radius 2 is 2.00 bits per heavy atom. The molecule has 0 fully saturated rings. The van der Waals surface area contributed by atoms with E-state index in [-0.39, 0.29) is 5.91 Å². The molecule has 0 saturated heterocycles. The number of nitrogens with zero attached hydrogens (tertiary/aromatic N) is 1. The number of carbonyl (C=O) groups is 1. The fourth-order valence-corrected chi connectivity index (χ4v) is 1.76. The number of hydrogen-bond acceptors (Lipinski definition) is 2. The molecule has 1 aromatic carbocycles. The Balaban J connectivity index is 2.65. The van der Waals surface area contributed by atoms with E-state index in [0.29, 0.717) is 6.54 Å². The Bertz CT molecular complexity index is 313. The number of benzene rings is 1. The summed E-state index contributed by atoms with van der Waals surface area (Å²) in [6.07, 6.45) is 0. The molecule has 1 aromatic rings. The van der Waals surface area contributed by atoms with Gasteiger partial charge in [-0.2, -0.15) is 0 Å². The first-order valence-corrected chi connectivity index (χ1v) is 6.07. The van der Waals surface area contributed by atoms with E-state index < -0.39 is 0 Å². The van der Waals surface area contributed by atoms with Crippen molar-refractivity contribution in [1.82, 2.24) is 3.53 Å². The summed E-state index contributed by atoms with van der Waals surface area (Å²) in [6, 6.07) is 8.07. The van der Waals surface area contributed by atoms with E-state index in [9.17, 15) is 4.79 Å². The molecule has 0 radical (unpaired) electrons. The summed E-state index contributed by atoms with van der Waals surface area (Å²) in [7, 11) is 0. The van der Waals surface area contributed by atoms with E-state index in [1.807, 2.05) is 57.2 Å². The van der Waals surface area contributed by atoms with Crippen LogP contribution in [-0.2, 0) is 4.79 Å². The molecule has 0 spiro atoms. The number of anilines is 1. The second kappa shape index (κ2) is 5.74. The Hall–Kier alpha value is -0.0500. The maximum absolute atomic E-state index is 11.1. The molecule has 0 bridgehead atoms. The van der Waals surface area contributed by atoms with Gasteiger partial charge in [0.05, 0.1) is 45.7 Å². The highest BCUT2D eigenvalue weighted by Gasteiger charge is 2.06. The Labute approximate surface area is 111 Å². The lowest BCUT2D eigenvalue weighted by atomic mass is 10.2.